The molecule has 30 heavy (non-hydrogen) atoms. The molecule has 2 N–H and O–H groups in total. The van der Waals surface area contributed by atoms with Crippen LogP contribution in [0.15, 0.2) is 30.3 Å². The first kappa shape index (κ1) is 22.0. The van der Waals surface area contributed by atoms with Gasteiger partial charge in [-0.2, -0.15) is 13.2 Å². The van der Waals surface area contributed by atoms with Crippen molar-refractivity contribution >= 4 is 22.6 Å². The minimum atomic E-state index is -4.38. The van der Waals surface area contributed by atoms with Crippen molar-refractivity contribution in [1.82, 2.24) is 4.98 Å². The molecule has 1 aromatic carbocycles. The predicted molar refractivity (Wildman–Crippen MR) is 116 cm³/mol. The lowest BCUT2D eigenvalue weighted by Gasteiger charge is -2.53. The molecule has 1 spiro atoms. The molecule has 0 bridgehead atoms. The van der Waals surface area contributed by atoms with Gasteiger partial charge in [-0.15, -0.1) is 0 Å². The topological polar surface area (TPSA) is 53.4 Å². The van der Waals surface area contributed by atoms with Gasteiger partial charge in [-0.3, -0.25) is 4.98 Å². The van der Waals surface area contributed by atoms with Crippen LogP contribution in [0, 0.1) is 14.9 Å². The first-order valence-corrected chi connectivity index (χ1v) is 11.3. The summed E-state index contributed by atoms with van der Waals surface area (Å²) in [6.07, 6.45) is -2.88. The van der Waals surface area contributed by atoms with Gasteiger partial charge < -0.3 is 10.2 Å². The summed E-state index contributed by atoms with van der Waals surface area (Å²) in [5.74, 6) is 0.275. The molecule has 1 fully saturated rings. The van der Waals surface area contributed by atoms with E-state index in [1.165, 1.54) is 12.1 Å². The molecule has 7 heteroatoms. The maximum absolute atomic E-state index is 12.8. The van der Waals surface area contributed by atoms with Crippen LogP contribution in [0.2, 0.25) is 0 Å². The second kappa shape index (κ2) is 7.74. The molecule has 162 valence electrons. The molecule has 0 saturated heterocycles. The number of alkyl halides is 3. The van der Waals surface area contributed by atoms with Crippen LogP contribution in [0.25, 0.3) is 0 Å². The van der Waals surface area contributed by atoms with Gasteiger partial charge in [-0.1, -0.05) is 26.0 Å². The number of aliphatic hydroxyl groups excluding tert-OH is 2. The summed E-state index contributed by atoms with van der Waals surface area (Å²) >= 11 is 2.27. The van der Waals surface area contributed by atoms with Crippen LogP contribution in [-0.2, 0) is 12.6 Å². The van der Waals surface area contributed by atoms with Crippen LogP contribution < -0.4 is 0 Å². The SMILES string of the molecule is CC(C)c1cc(I)c2c(n1)CC1(CC([C@H](O)c3ccc(C(F)(F)F)cc3)C1)C[C@@H]2O. The number of hydrogen-bond donors (Lipinski definition) is 2. The van der Waals surface area contributed by atoms with Gasteiger partial charge in [0.15, 0.2) is 0 Å². The molecular formula is C23H25F3INO2. The summed E-state index contributed by atoms with van der Waals surface area (Å²) in [4.78, 5) is 4.83. The van der Waals surface area contributed by atoms with E-state index in [0.29, 0.717) is 17.9 Å². The van der Waals surface area contributed by atoms with Gasteiger partial charge in [0.2, 0.25) is 0 Å². The molecule has 2 aliphatic carbocycles. The summed E-state index contributed by atoms with van der Waals surface area (Å²) < 4.78 is 39.3. The number of benzene rings is 1. The Morgan fingerprint density at radius 1 is 1.13 bits per heavy atom. The van der Waals surface area contributed by atoms with E-state index in [-0.39, 0.29) is 11.3 Å². The third-order valence-electron chi connectivity index (χ3n) is 6.62. The van der Waals surface area contributed by atoms with Crippen LogP contribution in [0.4, 0.5) is 13.2 Å². The highest BCUT2D eigenvalue weighted by Gasteiger charge is 2.51. The second-order valence-corrected chi connectivity index (χ2v) is 10.3. The van der Waals surface area contributed by atoms with Gasteiger partial charge in [0.1, 0.15) is 0 Å². The van der Waals surface area contributed by atoms with E-state index in [4.69, 9.17) is 4.98 Å². The van der Waals surface area contributed by atoms with Crippen molar-refractivity contribution in [3.8, 4) is 0 Å². The quantitative estimate of drug-likeness (QED) is 0.483. The van der Waals surface area contributed by atoms with Crippen molar-refractivity contribution in [2.45, 2.75) is 63.8 Å². The molecule has 1 saturated carbocycles. The molecular weight excluding hydrogens is 506 g/mol. The molecule has 1 aromatic heterocycles. The minimum Gasteiger partial charge on any atom is -0.388 e. The van der Waals surface area contributed by atoms with Gasteiger partial charge in [0, 0.05) is 20.5 Å². The Morgan fingerprint density at radius 3 is 2.33 bits per heavy atom. The highest BCUT2D eigenvalue weighted by molar-refractivity contribution is 14.1. The zero-order chi connectivity index (χ0) is 21.8. The number of fused-ring (bicyclic) bond motifs is 1. The lowest BCUT2D eigenvalue weighted by atomic mass is 9.53. The fourth-order valence-corrected chi connectivity index (χ4v) is 6.03. The number of halogens is 4. The molecule has 2 aromatic rings. The normalized spacial score (nSPS) is 27.1. The van der Waals surface area contributed by atoms with E-state index in [1.54, 1.807) is 0 Å². The summed E-state index contributed by atoms with van der Waals surface area (Å²) in [5.41, 5.74) is 2.59. The summed E-state index contributed by atoms with van der Waals surface area (Å²) in [7, 11) is 0. The predicted octanol–water partition coefficient (Wildman–Crippen LogP) is 5.94. The number of pyridine rings is 1. The number of aliphatic hydroxyl groups is 2. The van der Waals surface area contributed by atoms with Gasteiger partial charge >= 0.3 is 6.18 Å². The Balaban J connectivity index is 1.49. The standard InChI is InChI=1S/C23H25F3INO2/c1-12(2)17-7-16(27)20-18(28-17)10-22(11-19(20)29)8-14(9-22)21(30)13-3-5-15(6-4-13)23(24,25)26/h3-7,12,14,19,21,29-30H,8-11H2,1-2H3/t14?,19-,21+,22?/m0/s1. The lowest BCUT2D eigenvalue weighted by molar-refractivity contribution is -0.137. The van der Waals surface area contributed by atoms with Crippen LogP contribution >= 0.6 is 22.6 Å². The van der Waals surface area contributed by atoms with Crippen LogP contribution in [-0.4, -0.2) is 15.2 Å². The van der Waals surface area contributed by atoms with Crippen LogP contribution in [0.1, 0.15) is 79.3 Å². The van der Waals surface area contributed by atoms with Gasteiger partial charge in [0.05, 0.1) is 17.8 Å². The minimum absolute atomic E-state index is 0.0251. The van der Waals surface area contributed by atoms with Crippen LogP contribution in [0.3, 0.4) is 0 Å². The molecule has 0 unspecified atom stereocenters. The molecule has 2 aliphatic rings. The van der Waals surface area contributed by atoms with E-state index >= 15 is 0 Å². The smallest absolute Gasteiger partial charge is 0.388 e. The maximum atomic E-state index is 12.8. The summed E-state index contributed by atoms with van der Waals surface area (Å²) in [6.45, 7) is 4.19. The number of nitrogens with zero attached hydrogens (tertiary/aromatic N) is 1. The summed E-state index contributed by atoms with van der Waals surface area (Å²) in [5, 5.41) is 21.5. The van der Waals surface area contributed by atoms with E-state index in [1.807, 2.05) is 6.07 Å². The van der Waals surface area contributed by atoms with Crippen molar-refractivity contribution in [2.24, 2.45) is 11.3 Å². The molecule has 0 aliphatic heterocycles. The van der Waals surface area contributed by atoms with Crippen LogP contribution in [0.5, 0.6) is 0 Å². The van der Waals surface area contributed by atoms with Crippen molar-refractivity contribution in [1.29, 1.82) is 0 Å². The van der Waals surface area contributed by atoms with Crippen molar-refractivity contribution in [2.75, 3.05) is 0 Å². The summed E-state index contributed by atoms with van der Waals surface area (Å²) in [6, 6.07) is 6.81. The first-order valence-electron chi connectivity index (χ1n) is 10.2. The molecule has 1 heterocycles. The molecule has 0 radical (unpaired) electrons. The number of aromatic nitrogens is 1. The fourth-order valence-electron chi connectivity index (χ4n) is 5.04. The third kappa shape index (κ3) is 4.00. The Hall–Kier alpha value is -1.19. The highest BCUT2D eigenvalue weighted by atomic mass is 127. The average Bonchev–Trinajstić information content (AvgIpc) is 2.64. The largest absolute Gasteiger partial charge is 0.416 e. The number of rotatable bonds is 3. The van der Waals surface area contributed by atoms with Gasteiger partial charge in [0.25, 0.3) is 0 Å². The zero-order valence-corrected chi connectivity index (χ0v) is 19.0. The maximum Gasteiger partial charge on any atom is 0.416 e. The lowest BCUT2D eigenvalue weighted by Crippen LogP contribution is -2.45. The van der Waals surface area contributed by atoms with Crippen molar-refractivity contribution in [3.63, 3.8) is 0 Å². The second-order valence-electron chi connectivity index (χ2n) is 9.17. The van der Waals surface area contributed by atoms with Crippen molar-refractivity contribution in [3.05, 3.63) is 62.0 Å². The Labute approximate surface area is 187 Å². The monoisotopic (exact) mass is 531 g/mol. The Kier molecular flexibility index (Phi) is 5.68. The first-order chi connectivity index (χ1) is 14.0. The molecule has 3 nitrogen and oxygen atoms in total. The molecule has 0 amide bonds. The fraction of sp³-hybridized carbons (Fsp3) is 0.522. The van der Waals surface area contributed by atoms with Gasteiger partial charge in [-0.25, -0.2) is 0 Å². The van der Waals surface area contributed by atoms with Gasteiger partial charge in [-0.05, 0) is 89.3 Å². The van der Waals surface area contributed by atoms with E-state index in [2.05, 4.69) is 36.4 Å². The van der Waals surface area contributed by atoms with E-state index in [9.17, 15) is 23.4 Å². The highest BCUT2D eigenvalue weighted by Crippen LogP contribution is 2.59. The molecule has 2 atom stereocenters. The Morgan fingerprint density at radius 2 is 1.77 bits per heavy atom. The van der Waals surface area contributed by atoms with E-state index in [0.717, 1.165) is 51.9 Å². The van der Waals surface area contributed by atoms with E-state index < -0.39 is 23.9 Å². The third-order valence-corrected chi connectivity index (χ3v) is 7.51. The Bertz CT molecular complexity index is 937. The average molecular weight is 531 g/mol. The zero-order valence-electron chi connectivity index (χ0n) is 16.9. The molecule has 4 rings (SSSR count). The van der Waals surface area contributed by atoms with Crippen molar-refractivity contribution < 1.29 is 23.4 Å². The number of hydrogen-bond acceptors (Lipinski definition) is 3.